The number of hydrogen-bond donors (Lipinski definition) is 1. The summed E-state index contributed by atoms with van der Waals surface area (Å²) in [7, 11) is 0. The van der Waals surface area contributed by atoms with Crippen molar-refractivity contribution in [3.8, 4) is 0 Å². The number of likely N-dealkylation sites (tertiary alicyclic amines) is 1. The Kier molecular flexibility index (Phi) is 6.05. The predicted octanol–water partition coefficient (Wildman–Crippen LogP) is 3.27. The maximum absolute atomic E-state index is 13.1. The fourth-order valence-corrected chi connectivity index (χ4v) is 5.94. The van der Waals surface area contributed by atoms with Crippen LogP contribution in [0.2, 0.25) is 0 Å². The summed E-state index contributed by atoms with van der Waals surface area (Å²) in [5.41, 5.74) is -0.0663. The van der Waals surface area contributed by atoms with E-state index >= 15 is 0 Å². The first kappa shape index (κ1) is 19.2. The molecule has 0 radical (unpaired) electrons. The summed E-state index contributed by atoms with van der Waals surface area (Å²) in [5, 5.41) is 3.32. The molecule has 4 fully saturated rings. The van der Waals surface area contributed by atoms with Gasteiger partial charge in [-0.1, -0.05) is 32.1 Å². The van der Waals surface area contributed by atoms with Crippen LogP contribution in [0.25, 0.3) is 0 Å². The Hall–Kier alpha value is -1.10. The third-order valence-electron chi connectivity index (χ3n) is 7.70. The number of nitrogens with zero attached hydrogens (tertiary/aromatic N) is 1. The van der Waals surface area contributed by atoms with E-state index in [0.29, 0.717) is 24.9 Å². The minimum Gasteiger partial charge on any atom is -0.381 e. The monoisotopic (exact) mass is 376 g/mol. The largest absolute Gasteiger partial charge is 0.381 e. The van der Waals surface area contributed by atoms with Crippen molar-refractivity contribution >= 4 is 11.8 Å². The Morgan fingerprint density at radius 1 is 0.963 bits per heavy atom. The molecule has 27 heavy (non-hydrogen) atoms. The third-order valence-corrected chi connectivity index (χ3v) is 7.70. The van der Waals surface area contributed by atoms with Gasteiger partial charge in [-0.25, -0.2) is 0 Å². The molecular weight excluding hydrogens is 340 g/mol. The molecule has 0 aromatic carbocycles. The first-order valence-electron chi connectivity index (χ1n) is 11.3. The molecule has 1 N–H and O–H groups in total. The van der Waals surface area contributed by atoms with Crippen LogP contribution in [0, 0.1) is 17.3 Å². The summed E-state index contributed by atoms with van der Waals surface area (Å²) in [4.78, 5) is 28.2. The molecule has 0 aromatic heterocycles. The Morgan fingerprint density at radius 2 is 1.63 bits per heavy atom. The molecular formula is C22H36N2O3. The molecule has 0 bridgehead atoms. The minimum absolute atomic E-state index is 0.0581. The first-order chi connectivity index (χ1) is 13.2. The molecule has 1 spiro atoms. The number of hydrogen-bond acceptors (Lipinski definition) is 3. The Morgan fingerprint density at radius 3 is 2.33 bits per heavy atom. The number of rotatable bonds is 4. The van der Waals surface area contributed by atoms with Gasteiger partial charge < -0.3 is 15.0 Å². The molecule has 2 aliphatic carbocycles. The molecule has 2 amide bonds. The fraction of sp³-hybridized carbons (Fsp3) is 0.909. The van der Waals surface area contributed by atoms with Crippen LogP contribution >= 0.6 is 0 Å². The standard InChI is InChI=1S/C22H36N2O3/c25-20(14-17-6-2-1-3-7-17)24-15-19(21(26)23-18-8-4-5-9-18)22(16-24)10-12-27-13-11-22/h17-19H,1-16H2,(H,23,26). The van der Waals surface area contributed by atoms with Crippen LogP contribution in [0.15, 0.2) is 0 Å². The van der Waals surface area contributed by atoms with E-state index in [9.17, 15) is 9.59 Å². The summed E-state index contributed by atoms with van der Waals surface area (Å²) in [6, 6.07) is 0.349. The van der Waals surface area contributed by atoms with E-state index in [1.807, 2.05) is 4.90 Å². The van der Waals surface area contributed by atoms with Crippen molar-refractivity contribution in [2.75, 3.05) is 26.3 Å². The molecule has 5 heteroatoms. The minimum atomic E-state index is -0.0663. The van der Waals surface area contributed by atoms with Crippen molar-refractivity contribution in [3.63, 3.8) is 0 Å². The first-order valence-corrected chi connectivity index (χ1v) is 11.3. The van der Waals surface area contributed by atoms with Gasteiger partial charge in [-0.15, -0.1) is 0 Å². The van der Waals surface area contributed by atoms with Gasteiger partial charge in [-0.2, -0.15) is 0 Å². The van der Waals surface area contributed by atoms with E-state index < -0.39 is 0 Å². The zero-order valence-corrected chi connectivity index (χ0v) is 16.7. The maximum atomic E-state index is 13.1. The van der Waals surface area contributed by atoms with E-state index in [2.05, 4.69) is 5.32 Å². The normalized spacial score (nSPS) is 29.3. The van der Waals surface area contributed by atoms with Gasteiger partial charge in [-0.05, 0) is 44.4 Å². The highest BCUT2D eigenvalue weighted by Crippen LogP contribution is 2.45. The average molecular weight is 377 g/mol. The highest BCUT2D eigenvalue weighted by atomic mass is 16.5. The second-order valence-electron chi connectivity index (χ2n) is 9.50. The van der Waals surface area contributed by atoms with Crippen molar-refractivity contribution in [2.45, 2.75) is 83.1 Å². The highest BCUT2D eigenvalue weighted by Gasteiger charge is 2.52. The molecule has 4 rings (SSSR count). The summed E-state index contributed by atoms with van der Waals surface area (Å²) in [5.74, 6) is 0.973. The number of ether oxygens (including phenoxy) is 1. The smallest absolute Gasteiger partial charge is 0.225 e. The zero-order chi connectivity index (χ0) is 18.7. The fourth-order valence-electron chi connectivity index (χ4n) is 5.94. The number of carbonyl (C=O) groups excluding carboxylic acids is 2. The Labute approximate surface area is 163 Å². The van der Waals surface area contributed by atoms with Gasteiger partial charge in [0.2, 0.25) is 11.8 Å². The molecule has 4 aliphatic rings. The quantitative estimate of drug-likeness (QED) is 0.819. The van der Waals surface area contributed by atoms with Gasteiger partial charge in [0.1, 0.15) is 0 Å². The average Bonchev–Trinajstić information content (AvgIpc) is 3.31. The van der Waals surface area contributed by atoms with Gasteiger partial charge in [0, 0.05) is 44.2 Å². The SMILES string of the molecule is O=C(NC1CCCC1)C1CN(C(=O)CC2CCCCC2)CC12CCOCC2. The van der Waals surface area contributed by atoms with E-state index in [0.717, 1.165) is 45.4 Å². The molecule has 2 saturated heterocycles. The number of amides is 2. The lowest BCUT2D eigenvalue weighted by Gasteiger charge is -2.37. The molecule has 2 heterocycles. The summed E-state index contributed by atoms with van der Waals surface area (Å²) in [6.45, 7) is 2.81. The lowest BCUT2D eigenvalue weighted by atomic mass is 9.71. The predicted molar refractivity (Wildman–Crippen MR) is 104 cm³/mol. The van der Waals surface area contributed by atoms with Crippen LogP contribution in [-0.2, 0) is 14.3 Å². The van der Waals surface area contributed by atoms with E-state index in [1.54, 1.807) is 0 Å². The van der Waals surface area contributed by atoms with Gasteiger partial charge in [-0.3, -0.25) is 9.59 Å². The molecule has 1 atom stereocenters. The van der Waals surface area contributed by atoms with Crippen LogP contribution < -0.4 is 5.32 Å². The van der Waals surface area contributed by atoms with Crippen molar-refractivity contribution in [1.29, 1.82) is 0 Å². The van der Waals surface area contributed by atoms with Gasteiger partial charge in [0.15, 0.2) is 0 Å². The van der Waals surface area contributed by atoms with Gasteiger partial charge in [0.25, 0.3) is 0 Å². The Balaban J connectivity index is 1.42. The summed E-state index contributed by atoms with van der Waals surface area (Å²) < 4.78 is 5.60. The van der Waals surface area contributed by atoms with Gasteiger partial charge >= 0.3 is 0 Å². The number of carbonyl (C=O) groups is 2. The highest BCUT2D eigenvalue weighted by molar-refractivity contribution is 5.83. The maximum Gasteiger partial charge on any atom is 0.225 e. The molecule has 5 nitrogen and oxygen atoms in total. The van der Waals surface area contributed by atoms with Crippen LogP contribution in [-0.4, -0.2) is 49.1 Å². The third kappa shape index (κ3) is 4.33. The van der Waals surface area contributed by atoms with Crippen molar-refractivity contribution in [2.24, 2.45) is 17.3 Å². The van der Waals surface area contributed by atoms with Crippen molar-refractivity contribution < 1.29 is 14.3 Å². The van der Waals surface area contributed by atoms with Crippen molar-refractivity contribution in [3.05, 3.63) is 0 Å². The molecule has 2 saturated carbocycles. The van der Waals surface area contributed by atoms with Crippen LogP contribution in [0.1, 0.15) is 77.0 Å². The van der Waals surface area contributed by atoms with E-state index in [4.69, 9.17) is 4.74 Å². The van der Waals surface area contributed by atoms with Crippen molar-refractivity contribution in [1.82, 2.24) is 10.2 Å². The summed E-state index contributed by atoms with van der Waals surface area (Å²) in [6.07, 6.45) is 13.4. The second kappa shape index (κ2) is 8.50. The second-order valence-corrected chi connectivity index (χ2v) is 9.50. The van der Waals surface area contributed by atoms with E-state index in [1.165, 1.54) is 44.9 Å². The lowest BCUT2D eigenvalue weighted by Crippen LogP contribution is -2.46. The Bertz CT molecular complexity index is 532. The topological polar surface area (TPSA) is 58.6 Å². The lowest BCUT2D eigenvalue weighted by molar-refractivity contribution is -0.132. The number of nitrogens with one attached hydrogen (secondary N) is 1. The van der Waals surface area contributed by atoms with Crippen LogP contribution in [0.4, 0.5) is 0 Å². The molecule has 152 valence electrons. The van der Waals surface area contributed by atoms with E-state index in [-0.39, 0.29) is 23.1 Å². The zero-order valence-electron chi connectivity index (χ0n) is 16.7. The molecule has 0 aromatic rings. The van der Waals surface area contributed by atoms with Crippen LogP contribution in [0.3, 0.4) is 0 Å². The van der Waals surface area contributed by atoms with Crippen LogP contribution in [0.5, 0.6) is 0 Å². The van der Waals surface area contributed by atoms with Gasteiger partial charge in [0.05, 0.1) is 5.92 Å². The summed E-state index contributed by atoms with van der Waals surface area (Å²) >= 11 is 0. The molecule has 1 unspecified atom stereocenters. The molecule has 2 aliphatic heterocycles.